The van der Waals surface area contributed by atoms with Crippen LogP contribution >= 0.6 is 0 Å². The molecule has 0 amide bonds. The molecule has 0 saturated heterocycles. The van der Waals surface area contributed by atoms with Crippen LogP contribution in [0.3, 0.4) is 0 Å². The molecule has 64 valence electrons. The summed E-state index contributed by atoms with van der Waals surface area (Å²) in [6, 6.07) is 1.94. The van der Waals surface area contributed by atoms with E-state index < -0.39 is 0 Å². The molecule has 0 unspecified atom stereocenters. The van der Waals surface area contributed by atoms with Gasteiger partial charge in [-0.3, -0.25) is 4.98 Å². The lowest BCUT2D eigenvalue weighted by molar-refractivity contribution is 1.22. The van der Waals surface area contributed by atoms with Gasteiger partial charge in [0, 0.05) is 12.4 Å². The van der Waals surface area contributed by atoms with Gasteiger partial charge in [-0.2, -0.15) is 0 Å². The number of hydrogen-bond acceptors (Lipinski definition) is 2. The van der Waals surface area contributed by atoms with E-state index in [4.69, 9.17) is 5.73 Å². The summed E-state index contributed by atoms with van der Waals surface area (Å²) < 4.78 is 0. The van der Waals surface area contributed by atoms with Gasteiger partial charge in [-0.1, -0.05) is 13.0 Å². The van der Waals surface area contributed by atoms with Crippen LogP contribution in [0.15, 0.2) is 24.5 Å². The molecule has 0 atom stereocenters. The summed E-state index contributed by atoms with van der Waals surface area (Å²) in [5.41, 5.74) is 8.66. The van der Waals surface area contributed by atoms with Crippen molar-refractivity contribution in [2.24, 2.45) is 0 Å². The topological polar surface area (TPSA) is 38.9 Å². The molecule has 0 bridgehead atoms. The molecule has 0 aliphatic rings. The molecule has 0 aliphatic carbocycles. The Bertz CT molecular complexity index is 290. The van der Waals surface area contributed by atoms with Crippen LogP contribution in [0.2, 0.25) is 0 Å². The Morgan fingerprint density at radius 2 is 2.33 bits per heavy atom. The van der Waals surface area contributed by atoms with Crippen molar-refractivity contribution in [3.63, 3.8) is 0 Å². The SMILES string of the molecule is CCC=C(C)c1cncc(N)c1. The van der Waals surface area contributed by atoms with E-state index >= 15 is 0 Å². The summed E-state index contributed by atoms with van der Waals surface area (Å²) in [6.07, 6.45) is 6.69. The summed E-state index contributed by atoms with van der Waals surface area (Å²) in [5.74, 6) is 0. The maximum Gasteiger partial charge on any atom is 0.0506 e. The van der Waals surface area contributed by atoms with Crippen LogP contribution in [0.4, 0.5) is 5.69 Å². The number of nitrogen functional groups attached to an aromatic ring is 1. The number of nitrogens with zero attached hydrogens (tertiary/aromatic N) is 1. The molecule has 1 aromatic heterocycles. The molecule has 1 heterocycles. The number of rotatable bonds is 2. The van der Waals surface area contributed by atoms with Gasteiger partial charge in [-0.05, 0) is 30.5 Å². The third kappa shape index (κ3) is 2.09. The number of nitrogens with two attached hydrogens (primary N) is 1. The van der Waals surface area contributed by atoms with Gasteiger partial charge in [0.15, 0.2) is 0 Å². The predicted octanol–water partition coefficient (Wildman–Crippen LogP) is 2.48. The molecule has 1 aromatic rings. The average molecular weight is 162 g/mol. The highest BCUT2D eigenvalue weighted by molar-refractivity contribution is 5.65. The number of aromatic nitrogens is 1. The monoisotopic (exact) mass is 162 g/mol. The fourth-order valence-corrected chi connectivity index (χ4v) is 1.10. The molecule has 1 rings (SSSR count). The van der Waals surface area contributed by atoms with Crippen LogP contribution in [0.25, 0.3) is 5.57 Å². The van der Waals surface area contributed by atoms with Crippen LogP contribution in [-0.4, -0.2) is 4.98 Å². The first-order chi connectivity index (χ1) is 5.74. The summed E-state index contributed by atoms with van der Waals surface area (Å²) in [7, 11) is 0. The van der Waals surface area contributed by atoms with Gasteiger partial charge >= 0.3 is 0 Å². The maximum absolute atomic E-state index is 5.60. The fourth-order valence-electron chi connectivity index (χ4n) is 1.10. The molecule has 0 saturated carbocycles. The van der Waals surface area contributed by atoms with Gasteiger partial charge in [-0.25, -0.2) is 0 Å². The minimum Gasteiger partial charge on any atom is -0.397 e. The first-order valence-corrected chi connectivity index (χ1v) is 4.11. The fraction of sp³-hybridized carbons (Fsp3) is 0.300. The van der Waals surface area contributed by atoms with Crippen molar-refractivity contribution in [2.75, 3.05) is 5.73 Å². The lowest BCUT2D eigenvalue weighted by Gasteiger charge is -2.00. The zero-order valence-electron chi connectivity index (χ0n) is 7.54. The second kappa shape index (κ2) is 3.90. The smallest absolute Gasteiger partial charge is 0.0506 e. The van der Waals surface area contributed by atoms with Gasteiger partial charge < -0.3 is 5.73 Å². The number of hydrogen-bond donors (Lipinski definition) is 1. The van der Waals surface area contributed by atoms with Crippen molar-refractivity contribution < 1.29 is 0 Å². The van der Waals surface area contributed by atoms with Crippen molar-refractivity contribution in [3.8, 4) is 0 Å². The zero-order valence-corrected chi connectivity index (χ0v) is 7.54. The van der Waals surface area contributed by atoms with E-state index in [1.165, 1.54) is 5.57 Å². The third-order valence-corrected chi connectivity index (χ3v) is 1.73. The summed E-state index contributed by atoms with van der Waals surface area (Å²) in [5, 5.41) is 0. The molecule has 0 spiro atoms. The second-order valence-corrected chi connectivity index (χ2v) is 2.80. The number of anilines is 1. The van der Waals surface area contributed by atoms with Crippen LogP contribution in [0.5, 0.6) is 0 Å². The van der Waals surface area contributed by atoms with Crippen LogP contribution < -0.4 is 5.73 Å². The molecule has 0 fully saturated rings. The number of allylic oxidation sites excluding steroid dienone is 2. The average Bonchev–Trinajstić information content (AvgIpc) is 2.05. The molecule has 2 nitrogen and oxygen atoms in total. The van der Waals surface area contributed by atoms with Crippen LogP contribution in [0, 0.1) is 0 Å². The largest absolute Gasteiger partial charge is 0.397 e. The van der Waals surface area contributed by atoms with Gasteiger partial charge in [0.25, 0.3) is 0 Å². The minimum atomic E-state index is 0.719. The molecule has 0 aromatic carbocycles. The highest BCUT2D eigenvalue weighted by Gasteiger charge is 1.94. The Hall–Kier alpha value is -1.31. The zero-order chi connectivity index (χ0) is 8.97. The molecule has 2 N–H and O–H groups in total. The van der Waals surface area contributed by atoms with E-state index in [9.17, 15) is 0 Å². The Morgan fingerprint density at radius 3 is 2.92 bits per heavy atom. The Kier molecular flexibility index (Phi) is 2.86. The van der Waals surface area contributed by atoms with E-state index in [1.807, 2.05) is 12.3 Å². The number of pyridine rings is 1. The summed E-state index contributed by atoms with van der Waals surface area (Å²) in [4.78, 5) is 4.02. The summed E-state index contributed by atoms with van der Waals surface area (Å²) >= 11 is 0. The van der Waals surface area contributed by atoms with Crippen LogP contribution in [0.1, 0.15) is 25.8 Å². The first kappa shape index (κ1) is 8.78. The van der Waals surface area contributed by atoms with Crippen LogP contribution in [-0.2, 0) is 0 Å². The lowest BCUT2D eigenvalue weighted by Crippen LogP contribution is -1.88. The Labute approximate surface area is 73.1 Å². The second-order valence-electron chi connectivity index (χ2n) is 2.80. The van der Waals surface area contributed by atoms with Crippen molar-refractivity contribution in [2.45, 2.75) is 20.3 Å². The minimum absolute atomic E-state index is 0.719. The highest BCUT2D eigenvalue weighted by Crippen LogP contribution is 2.14. The molecule has 12 heavy (non-hydrogen) atoms. The van der Waals surface area contributed by atoms with Gasteiger partial charge in [-0.15, -0.1) is 0 Å². The first-order valence-electron chi connectivity index (χ1n) is 4.11. The van der Waals surface area contributed by atoms with Crippen molar-refractivity contribution in [1.29, 1.82) is 0 Å². The lowest BCUT2D eigenvalue weighted by atomic mass is 10.1. The van der Waals surface area contributed by atoms with E-state index in [0.29, 0.717) is 0 Å². The van der Waals surface area contributed by atoms with Gasteiger partial charge in [0.1, 0.15) is 0 Å². The molecular weight excluding hydrogens is 148 g/mol. The van der Waals surface area contributed by atoms with Gasteiger partial charge in [0.05, 0.1) is 5.69 Å². The summed E-state index contributed by atoms with van der Waals surface area (Å²) in [6.45, 7) is 4.18. The van der Waals surface area contributed by atoms with E-state index in [-0.39, 0.29) is 0 Å². The molecule has 2 heteroatoms. The Morgan fingerprint density at radius 1 is 1.58 bits per heavy atom. The molecule has 0 radical (unpaired) electrons. The maximum atomic E-state index is 5.60. The van der Waals surface area contributed by atoms with Crippen molar-refractivity contribution >= 4 is 11.3 Å². The highest BCUT2D eigenvalue weighted by atomic mass is 14.7. The molecular formula is C10H14N2. The van der Waals surface area contributed by atoms with Crippen molar-refractivity contribution in [3.05, 3.63) is 30.1 Å². The normalized spacial score (nSPS) is 11.7. The predicted molar refractivity (Wildman–Crippen MR) is 52.6 cm³/mol. The third-order valence-electron chi connectivity index (χ3n) is 1.73. The van der Waals surface area contributed by atoms with E-state index in [1.54, 1.807) is 6.20 Å². The van der Waals surface area contributed by atoms with E-state index in [0.717, 1.165) is 17.7 Å². The van der Waals surface area contributed by atoms with Crippen molar-refractivity contribution in [1.82, 2.24) is 4.98 Å². The standard InChI is InChI=1S/C10H14N2/c1-3-4-8(2)9-5-10(11)7-12-6-9/h4-7H,3,11H2,1-2H3. The quantitative estimate of drug-likeness (QED) is 0.725. The molecule has 0 aliphatic heterocycles. The Balaban J connectivity index is 2.95. The van der Waals surface area contributed by atoms with Gasteiger partial charge in [0.2, 0.25) is 0 Å². The van der Waals surface area contributed by atoms with E-state index in [2.05, 4.69) is 24.9 Å².